The van der Waals surface area contributed by atoms with Crippen molar-refractivity contribution in [2.75, 3.05) is 6.61 Å². The Bertz CT molecular complexity index is 323. The van der Waals surface area contributed by atoms with Crippen molar-refractivity contribution < 1.29 is 9.84 Å². The maximum atomic E-state index is 9.03. The van der Waals surface area contributed by atoms with E-state index in [1.54, 1.807) is 12.4 Å². The van der Waals surface area contributed by atoms with Gasteiger partial charge in [-0.15, -0.1) is 0 Å². The maximum Gasteiger partial charge on any atom is 0.316 e. The summed E-state index contributed by atoms with van der Waals surface area (Å²) in [6.07, 6.45) is 7.57. The van der Waals surface area contributed by atoms with Gasteiger partial charge in [0.25, 0.3) is 0 Å². The summed E-state index contributed by atoms with van der Waals surface area (Å²) in [6.45, 7) is 0.293. The Morgan fingerprint density at radius 1 is 1.25 bits per heavy atom. The zero-order valence-corrected chi connectivity index (χ0v) is 10.6. The zero-order chi connectivity index (χ0) is 11.4. The van der Waals surface area contributed by atoms with E-state index < -0.39 is 0 Å². The molecule has 5 heteroatoms. The molecule has 1 aliphatic rings. The number of rotatable bonds is 3. The van der Waals surface area contributed by atoms with Gasteiger partial charge in [0.15, 0.2) is 0 Å². The van der Waals surface area contributed by atoms with Crippen LogP contribution in [0.15, 0.2) is 16.9 Å². The van der Waals surface area contributed by atoms with E-state index in [0.29, 0.717) is 18.5 Å². The summed E-state index contributed by atoms with van der Waals surface area (Å²) in [6, 6.07) is 0.440. The lowest BCUT2D eigenvalue weighted by molar-refractivity contribution is 0.0966. The molecule has 0 unspecified atom stereocenters. The van der Waals surface area contributed by atoms with Gasteiger partial charge in [0.1, 0.15) is 6.10 Å². The number of hydrogen-bond acceptors (Lipinski definition) is 4. The molecule has 1 aromatic heterocycles. The molecule has 0 spiro atoms. The predicted molar refractivity (Wildman–Crippen MR) is 63.2 cm³/mol. The number of aromatic nitrogens is 2. The fourth-order valence-electron chi connectivity index (χ4n) is 1.94. The summed E-state index contributed by atoms with van der Waals surface area (Å²) in [5.41, 5.74) is 0. The largest absolute Gasteiger partial charge is 0.460 e. The van der Waals surface area contributed by atoms with Gasteiger partial charge < -0.3 is 9.84 Å². The van der Waals surface area contributed by atoms with Crippen molar-refractivity contribution in [3.8, 4) is 6.01 Å². The van der Waals surface area contributed by atoms with Crippen molar-refractivity contribution in [3.05, 3.63) is 16.9 Å². The van der Waals surface area contributed by atoms with E-state index in [2.05, 4.69) is 25.9 Å². The molecule has 0 radical (unpaired) electrons. The average Bonchev–Trinajstić information content (AvgIpc) is 2.33. The molecule has 1 fully saturated rings. The molecule has 0 atom stereocenters. The lowest BCUT2D eigenvalue weighted by Crippen LogP contribution is -2.26. The normalized spacial score (nSPS) is 25.4. The van der Waals surface area contributed by atoms with Crippen molar-refractivity contribution in [2.45, 2.75) is 31.8 Å². The molecule has 0 saturated heterocycles. The van der Waals surface area contributed by atoms with Crippen molar-refractivity contribution >= 4 is 15.9 Å². The Labute approximate surface area is 103 Å². The highest BCUT2D eigenvalue weighted by Crippen LogP contribution is 2.26. The lowest BCUT2D eigenvalue weighted by atomic mass is 9.88. The van der Waals surface area contributed by atoms with Gasteiger partial charge >= 0.3 is 6.01 Å². The Morgan fingerprint density at radius 3 is 2.44 bits per heavy atom. The average molecular weight is 287 g/mol. The topological polar surface area (TPSA) is 55.2 Å². The summed E-state index contributed by atoms with van der Waals surface area (Å²) in [7, 11) is 0. The standard InChI is InChI=1S/C11H15BrN2O2/c12-9-5-13-11(14-6-9)16-10-3-1-8(7-15)2-4-10/h5-6,8,10,15H,1-4,7H2. The van der Waals surface area contributed by atoms with Crippen LogP contribution in [0.4, 0.5) is 0 Å². The van der Waals surface area contributed by atoms with E-state index in [-0.39, 0.29) is 6.10 Å². The molecule has 1 aromatic rings. The van der Waals surface area contributed by atoms with Crippen LogP contribution >= 0.6 is 15.9 Å². The third kappa shape index (κ3) is 3.15. The summed E-state index contributed by atoms with van der Waals surface area (Å²) in [4.78, 5) is 8.16. The molecule has 0 bridgehead atoms. The van der Waals surface area contributed by atoms with Gasteiger partial charge in [-0.1, -0.05) is 0 Å². The minimum Gasteiger partial charge on any atom is -0.460 e. The second-order valence-electron chi connectivity index (χ2n) is 4.13. The molecule has 1 aliphatic carbocycles. The molecule has 0 amide bonds. The van der Waals surface area contributed by atoms with Crippen molar-refractivity contribution in [3.63, 3.8) is 0 Å². The number of hydrogen-bond donors (Lipinski definition) is 1. The van der Waals surface area contributed by atoms with Crippen LogP contribution in [0, 0.1) is 5.92 Å². The molecule has 88 valence electrons. The number of ether oxygens (including phenoxy) is 1. The second kappa shape index (κ2) is 5.59. The first-order chi connectivity index (χ1) is 7.78. The fourth-order valence-corrected chi connectivity index (χ4v) is 2.15. The van der Waals surface area contributed by atoms with Gasteiger partial charge in [0, 0.05) is 19.0 Å². The van der Waals surface area contributed by atoms with Crippen LogP contribution in [0.3, 0.4) is 0 Å². The smallest absolute Gasteiger partial charge is 0.316 e. The number of aliphatic hydroxyl groups excluding tert-OH is 1. The molecule has 0 aromatic carbocycles. The van der Waals surface area contributed by atoms with E-state index in [1.165, 1.54) is 0 Å². The number of aliphatic hydroxyl groups is 1. The first kappa shape index (κ1) is 11.8. The summed E-state index contributed by atoms with van der Waals surface area (Å²) in [5.74, 6) is 0.450. The quantitative estimate of drug-likeness (QED) is 0.925. The van der Waals surface area contributed by atoms with E-state index in [0.717, 1.165) is 30.2 Å². The molecule has 1 saturated carbocycles. The van der Waals surface area contributed by atoms with Gasteiger partial charge in [-0.2, -0.15) is 0 Å². The van der Waals surface area contributed by atoms with Crippen LogP contribution < -0.4 is 4.74 Å². The van der Waals surface area contributed by atoms with Crippen LogP contribution in [0.1, 0.15) is 25.7 Å². The van der Waals surface area contributed by atoms with Crippen molar-refractivity contribution in [2.24, 2.45) is 5.92 Å². The Morgan fingerprint density at radius 2 is 1.88 bits per heavy atom. The highest BCUT2D eigenvalue weighted by molar-refractivity contribution is 9.10. The third-order valence-electron chi connectivity index (χ3n) is 2.92. The van der Waals surface area contributed by atoms with Gasteiger partial charge in [0.05, 0.1) is 4.47 Å². The molecule has 1 N–H and O–H groups in total. The van der Waals surface area contributed by atoms with Gasteiger partial charge in [-0.3, -0.25) is 0 Å². The fraction of sp³-hybridized carbons (Fsp3) is 0.636. The monoisotopic (exact) mass is 286 g/mol. The van der Waals surface area contributed by atoms with Gasteiger partial charge in [-0.25, -0.2) is 9.97 Å². The Balaban J connectivity index is 1.84. The molecule has 1 heterocycles. The molecule has 2 rings (SSSR count). The minimum atomic E-state index is 0.198. The first-order valence-corrected chi connectivity index (χ1v) is 6.32. The highest BCUT2D eigenvalue weighted by atomic mass is 79.9. The third-order valence-corrected chi connectivity index (χ3v) is 3.33. The summed E-state index contributed by atoms with van der Waals surface area (Å²) < 4.78 is 6.53. The zero-order valence-electron chi connectivity index (χ0n) is 8.97. The SMILES string of the molecule is OCC1CCC(Oc2ncc(Br)cn2)CC1. The predicted octanol–water partition coefficient (Wildman–Crippen LogP) is 2.17. The number of halogens is 1. The maximum absolute atomic E-state index is 9.03. The van der Waals surface area contributed by atoms with Crippen LogP contribution in [0.2, 0.25) is 0 Å². The van der Waals surface area contributed by atoms with Gasteiger partial charge in [-0.05, 0) is 47.5 Å². The molecular formula is C11H15BrN2O2. The van der Waals surface area contributed by atoms with Crippen molar-refractivity contribution in [1.82, 2.24) is 9.97 Å². The number of nitrogens with zero attached hydrogens (tertiary/aromatic N) is 2. The van der Waals surface area contributed by atoms with Crippen molar-refractivity contribution in [1.29, 1.82) is 0 Å². The lowest BCUT2D eigenvalue weighted by Gasteiger charge is -2.26. The Hall–Kier alpha value is -0.680. The minimum absolute atomic E-state index is 0.198. The van der Waals surface area contributed by atoms with E-state index in [1.807, 2.05) is 0 Å². The first-order valence-electron chi connectivity index (χ1n) is 5.53. The molecular weight excluding hydrogens is 272 g/mol. The van der Waals surface area contributed by atoms with E-state index >= 15 is 0 Å². The van der Waals surface area contributed by atoms with Crippen LogP contribution in [0.25, 0.3) is 0 Å². The second-order valence-corrected chi connectivity index (χ2v) is 5.04. The van der Waals surface area contributed by atoms with E-state index in [9.17, 15) is 0 Å². The van der Waals surface area contributed by atoms with Crippen LogP contribution in [-0.2, 0) is 0 Å². The molecule has 0 aliphatic heterocycles. The molecule has 16 heavy (non-hydrogen) atoms. The molecule has 4 nitrogen and oxygen atoms in total. The summed E-state index contributed by atoms with van der Waals surface area (Å²) in [5, 5.41) is 9.03. The Kier molecular flexibility index (Phi) is 4.12. The van der Waals surface area contributed by atoms with Crippen LogP contribution in [-0.4, -0.2) is 27.8 Å². The highest BCUT2D eigenvalue weighted by Gasteiger charge is 2.22. The summed E-state index contributed by atoms with van der Waals surface area (Å²) >= 11 is 3.28. The van der Waals surface area contributed by atoms with Crippen LogP contribution in [0.5, 0.6) is 6.01 Å². The van der Waals surface area contributed by atoms with Gasteiger partial charge in [0.2, 0.25) is 0 Å². The van der Waals surface area contributed by atoms with E-state index in [4.69, 9.17) is 9.84 Å².